The first kappa shape index (κ1) is 17.1. The van der Waals surface area contributed by atoms with Gasteiger partial charge >= 0.3 is 6.09 Å². The fraction of sp³-hybridized carbons (Fsp3) is 0.0714. The molecule has 0 aliphatic rings. The summed E-state index contributed by atoms with van der Waals surface area (Å²) in [4.78, 5) is 45.6. The first-order valence-electron chi connectivity index (χ1n) is 6.45. The number of carbonyl (C=O) groups excluding carboxylic acids is 3. The number of ether oxygens (including phenoxy) is 1. The van der Waals surface area contributed by atoms with Crippen LogP contribution in [0.1, 0.15) is 20.7 Å². The lowest BCUT2D eigenvalue weighted by Crippen LogP contribution is -2.30. The Morgan fingerprint density at radius 1 is 1.12 bits per heavy atom. The molecule has 124 valence electrons. The van der Waals surface area contributed by atoms with Gasteiger partial charge in [-0.15, -0.1) is 11.3 Å². The van der Waals surface area contributed by atoms with Gasteiger partial charge in [0, 0.05) is 6.07 Å². The Morgan fingerprint density at radius 3 is 2.50 bits per heavy atom. The molecule has 9 nitrogen and oxygen atoms in total. The van der Waals surface area contributed by atoms with Crippen molar-refractivity contribution < 1.29 is 24.0 Å². The maximum Gasteiger partial charge on any atom is 0.413 e. The third-order valence-corrected chi connectivity index (χ3v) is 3.71. The van der Waals surface area contributed by atoms with Crippen LogP contribution in [0, 0.1) is 10.1 Å². The lowest BCUT2D eigenvalue weighted by atomic mass is 10.1. The lowest BCUT2D eigenvalue weighted by molar-refractivity contribution is -0.385. The van der Waals surface area contributed by atoms with E-state index in [1.807, 2.05) is 5.32 Å². The second-order valence-corrected chi connectivity index (χ2v) is 5.25. The molecule has 0 spiro atoms. The van der Waals surface area contributed by atoms with Gasteiger partial charge in [0.1, 0.15) is 10.6 Å². The minimum atomic E-state index is -0.942. The van der Waals surface area contributed by atoms with Crippen molar-refractivity contribution in [2.24, 2.45) is 0 Å². The fourth-order valence-electron chi connectivity index (χ4n) is 1.79. The minimum Gasteiger partial charge on any atom is -0.453 e. The molecular formula is C14H11N3O6S. The van der Waals surface area contributed by atoms with Crippen molar-refractivity contribution in [1.29, 1.82) is 0 Å². The number of methoxy groups -OCH3 is 1. The Bertz CT molecular complexity index is 816. The molecule has 2 aromatic rings. The SMILES string of the molecule is COC(=O)NC(=O)c1ccsc1NC(=O)c1ccccc1[N+](=O)[O-]. The molecule has 1 aromatic heterocycles. The number of hydrogen-bond acceptors (Lipinski definition) is 7. The number of nitro benzene ring substituents is 1. The highest BCUT2D eigenvalue weighted by Gasteiger charge is 2.22. The average molecular weight is 349 g/mol. The number of rotatable bonds is 4. The van der Waals surface area contributed by atoms with Gasteiger partial charge < -0.3 is 10.1 Å². The zero-order valence-electron chi connectivity index (χ0n) is 12.3. The van der Waals surface area contributed by atoms with E-state index >= 15 is 0 Å². The highest BCUT2D eigenvalue weighted by Crippen LogP contribution is 2.25. The van der Waals surface area contributed by atoms with Crippen LogP contribution < -0.4 is 10.6 Å². The summed E-state index contributed by atoms with van der Waals surface area (Å²) in [6, 6.07) is 6.83. The van der Waals surface area contributed by atoms with Crippen LogP contribution in [0.4, 0.5) is 15.5 Å². The van der Waals surface area contributed by atoms with Gasteiger partial charge in [-0.1, -0.05) is 12.1 Å². The molecule has 1 heterocycles. The number of carbonyl (C=O) groups is 3. The van der Waals surface area contributed by atoms with Gasteiger partial charge in [-0.05, 0) is 17.5 Å². The Morgan fingerprint density at radius 2 is 1.83 bits per heavy atom. The van der Waals surface area contributed by atoms with Crippen molar-refractivity contribution in [2.75, 3.05) is 12.4 Å². The largest absolute Gasteiger partial charge is 0.453 e. The Labute approximate surface area is 139 Å². The number of nitro groups is 1. The van der Waals surface area contributed by atoms with Crippen molar-refractivity contribution in [3.63, 3.8) is 0 Å². The number of benzene rings is 1. The third kappa shape index (κ3) is 3.73. The van der Waals surface area contributed by atoms with Crippen LogP contribution in [0.5, 0.6) is 0 Å². The standard InChI is InChI=1S/C14H11N3O6S/c1-23-14(20)16-12(19)9-6-7-24-13(9)15-11(18)8-4-2-3-5-10(8)17(21)22/h2-7H,1H3,(H,15,18)(H,16,19,20). The summed E-state index contributed by atoms with van der Waals surface area (Å²) in [7, 11) is 1.10. The molecule has 24 heavy (non-hydrogen) atoms. The van der Waals surface area contributed by atoms with Crippen molar-refractivity contribution in [3.05, 3.63) is 57.0 Å². The first-order valence-corrected chi connectivity index (χ1v) is 7.33. The highest BCUT2D eigenvalue weighted by molar-refractivity contribution is 7.14. The minimum absolute atomic E-state index is 0.0392. The average Bonchev–Trinajstić information content (AvgIpc) is 3.02. The van der Waals surface area contributed by atoms with Crippen LogP contribution in [-0.2, 0) is 4.74 Å². The summed E-state index contributed by atoms with van der Waals surface area (Å²) in [6.45, 7) is 0. The van der Waals surface area contributed by atoms with E-state index in [1.54, 1.807) is 0 Å². The van der Waals surface area contributed by atoms with Gasteiger partial charge in [0.25, 0.3) is 17.5 Å². The summed E-state index contributed by atoms with van der Waals surface area (Å²) in [6.07, 6.45) is -0.942. The molecule has 0 atom stereocenters. The van der Waals surface area contributed by atoms with E-state index < -0.39 is 22.8 Å². The van der Waals surface area contributed by atoms with E-state index in [1.165, 1.54) is 35.7 Å². The number of nitrogens with zero attached hydrogens (tertiary/aromatic N) is 1. The molecule has 3 amide bonds. The van der Waals surface area contributed by atoms with Gasteiger partial charge in [-0.25, -0.2) is 4.79 Å². The van der Waals surface area contributed by atoms with Gasteiger partial charge in [-0.2, -0.15) is 0 Å². The molecule has 2 rings (SSSR count). The first-order chi connectivity index (χ1) is 11.4. The molecule has 0 unspecified atom stereocenters. The van der Waals surface area contributed by atoms with Gasteiger partial charge in [0.05, 0.1) is 17.6 Å². The third-order valence-electron chi connectivity index (χ3n) is 2.88. The van der Waals surface area contributed by atoms with Gasteiger partial charge in [0.2, 0.25) is 0 Å². The van der Waals surface area contributed by atoms with Crippen LogP contribution >= 0.6 is 11.3 Å². The van der Waals surface area contributed by atoms with Gasteiger partial charge in [0.15, 0.2) is 0 Å². The number of nitrogens with one attached hydrogen (secondary N) is 2. The highest BCUT2D eigenvalue weighted by atomic mass is 32.1. The van der Waals surface area contributed by atoms with Crippen LogP contribution in [0.3, 0.4) is 0 Å². The van der Waals surface area contributed by atoms with E-state index in [-0.39, 0.29) is 21.8 Å². The van der Waals surface area contributed by atoms with Crippen LogP contribution in [0.25, 0.3) is 0 Å². The Hall–Kier alpha value is -3.27. The van der Waals surface area contributed by atoms with E-state index in [2.05, 4.69) is 10.1 Å². The molecule has 1 aromatic carbocycles. The summed E-state index contributed by atoms with van der Waals surface area (Å²) >= 11 is 1.04. The molecule has 0 radical (unpaired) electrons. The molecule has 0 aliphatic carbocycles. The molecule has 0 saturated heterocycles. The zero-order valence-corrected chi connectivity index (χ0v) is 13.1. The predicted molar refractivity (Wildman–Crippen MR) is 85.2 cm³/mol. The number of alkyl carbamates (subject to hydrolysis) is 1. The smallest absolute Gasteiger partial charge is 0.413 e. The monoisotopic (exact) mass is 349 g/mol. The fourth-order valence-corrected chi connectivity index (χ4v) is 2.57. The molecule has 0 fully saturated rings. The predicted octanol–water partition coefficient (Wildman–Crippen LogP) is 2.40. The second-order valence-electron chi connectivity index (χ2n) is 4.34. The molecule has 2 N–H and O–H groups in total. The van der Waals surface area contributed by atoms with Gasteiger partial charge in [-0.3, -0.25) is 25.0 Å². The molecular weight excluding hydrogens is 338 g/mol. The summed E-state index contributed by atoms with van der Waals surface area (Å²) in [5, 5.41) is 17.1. The maximum atomic E-state index is 12.3. The molecule has 0 aliphatic heterocycles. The number of hydrogen-bond donors (Lipinski definition) is 2. The molecule has 0 saturated carbocycles. The topological polar surface area (TPSA) is 128 Å². The van der Waals surface area contributed by atoms with E-state index in [4.69, 9.17) is 0 Å². The van der Waals surface area contributed by atoms with Crippen LogP contribution in [0.15, 0.2) is 35.7 Å². The number of thiophene rings is 1. The van der Waals surface area contributed by atoms with Crippen LogP contribution in [-0.4, -0.2) is 29.9 Å². The number of anilines is 1. The van der Waals surface area contributed by atoms with E-state index in [0.717, 1.165) is 18.4 Å². The quantitative estimate of drug-likeness (QED) is 0.644. The van der Waals surface area contributed by atoms with Crippen molar-refractivity contribution in [1.82, 2.24) is 5.32 Å². The molecule has 10 heteroatoms. The Kier molecular flexibility index (Phi) is 5.22. The second kappa shape index (κ2) is 7.33. The summed E-state index contributed by atoms with van der Waals surface area (Å²) in [5.74, 6) is -1.50. The number of imide groups is 1. The number of para-hydroxylation sites is 1. The van der Waals surface area contributed by atoms with E-state index in [9.17, 15) is 24.5 Å². The van der Waals surface area contributed by atoms with E-state index in [0.29, 0.717) is 0 Å². The lowest BCUT2D eigenvalue weighted by Gasteiger charge is -2.07. The van der Waals surface area contributed by atoms with Crippen molar-refractivity contribution in [2.45, 2.75) is 0 Å². The van der Waals surface area contributed by atoms with Crippen molar-refractivity contribution in [3.8, 4) is 0 Å². The summed E-state index contributed by atoms with van der Waals surface area (Å²) in [5.41, 5.74) is -0.459. The number of amides is 3. The van der Waals surface area contributed by atoms with Crippen LogP contribution in [0.2, 0.25) is 0 Å². The zero-order chi connectivity index (χ0) is 17.7. The van der Waals surface area contributed by atoms with Crippen molar-refractivity contribution >= 4 is 39.9 Å². The summed E-state index contributed by atoms with van der Waals surface area (Å²) < 4.78 is 4.32. The Balaban J connectivity index is 2.23. The maximum absolute atomic E-state index is 12.3. The normalized spacial score (nSPS) is 9.88. The molecule has 0 bridgehead atoms.